The Morgan fingerprint density at radius 2 is 1.78 bits per heavy atom. The first-order valence-electron chi connectivity index (χ1n) is 2.13. The summed E-state index contributed by atoms with van der Waals surface area (Å²) < 4.78 is 24.2. The molecular formula is C3H10NNaO3S. The molecule has 4 nitrogen and oxygen atoms in total. The van der Waals surface area contributed by atoms with Gasteiger partial charge in [0, 0.05) is 0 Å². The van der Waals surface area contributed by atoms with Gasteiger partial charge in [0.15, 0.2) is 0 Å². The molecule has 0 aromatic heterocycles. The first-order chi connectivity index (χ1) is 3.42. The number of hydrogen-bond acceptors (Lipinski definition) is 3. The van der Waals surface area contributed by atoms with E-state index in [1.807, 2.05) is 0 Å². The average Bonchev–Trinajstić information content (AvgIpc) is 1.21. The van der Waals surface area contributed by atoms with Crippen LogP contribution in [0.4, 0.5) is 0 Å². The summed E-state index contributed by atoms with van der Waals surface area (Å²) in [6.45, 7) is 3.18. The van der Waals surface area contributed by atoms with Crippen LogP contribution in [-0.2, 0) is 14.5 Å². The Labute approximate surface area is 77.3 Å². The summed E-state index contributed by atoms with van der Waals surface area (Å²) in [4.78, 5) is 0. The van der Waals surface area contributed by atoms with Crippen molar-refractivity contribution in [2.24, 2.45) is 5.14 Å². The van der Waals surface area contributed by atoms with Gasteiger partial charge >= 0.3 is 39.9 Å². The van der Waals surface area contributed by atoms with Gasteiger partial charge in [0.05, 0.1) is 6.10 Å². The van der Waals surface area contributed by atoms with Crippen LogP contribution < -0.4 is 5.14 Å². The van der Waals surface area contributed by atoms with Crippen molar-refractivity contribution >= 4 is 39.9 Å². The minimum absolute atomic E-state index is 0. The van der Waals surface area contributed by atoms with Crippen LogP contribution >= 0.6 is 0 Å². The van der Waals surface area contributed by atoms with Gasteiger partial charge in [0.25, 0.3) is 0 Å². The second kappa shape index (κ2) is 4.65. The SMILES string of the molecule is CC(C)OS(N)(=O)=O.[NaH]. The van der Waals surface area contributed by atoms with E-state index in [0.717, 1.165) is 0 Å². The van der Waals surface area contributed by atoms with Crippen molar-refractivity contribution in [2.75, 3.05) is 0 Å². The summed E-state index contributed by atoms with van der Waals surface area (Å²) in [6, 6.07) is 0. The van der Waals surface area contributed by atoms with E-state index in [4.69, 9.17) is 0 Å². The predicted octanol–water partition coefficient (Wildman–Crippen LogP) is -1.03. The first-order valence-corrected chi connectivity index (χ1v) is 3.60. The van der Waals surface area contributed by atoms with Gasteiger partial charge in [0.1, 0.15) is 0 Å². The van der Waals surface area contributed by atoms with Gasteiger partial charge in [-0.25, -0.2) is 5.14 Å². The van der Waals surface area contributed by atoms with E-state index in [1.54, 1.807) is 13.8 Å². The van der Waals surface area contributed by atoms with Crippen LogP contribution in [0.3, 0.4) is 0 Å². The summed E-state index contributed by atoms with van der Waals surface area (Å²) in [6.07, 6.45) is -0.370. The van der Waals surface area contributed by atoms with Crippen LogP contribution in [0, 0.1) is 0 Å². The van der Waals surface area contributed by atoms with Gasteiger partial charge in [-0.15, -0.1) is 0 Å². The zero-order valence-electron chi connectivity index (χ0n) is 4.79. The van der Waals surface area contributed by atoms with E-state index in [0.29, 0.717) is 0 Å². The third-order valence-corrected chi connectivity index (χ3v) is 0.980. The van der Waals surface area contributed by atoms with Crippen molar-refractivity contribution in [1.29, 1.82) is 0 Å². The summed E-state index contributed by atoms with van der Waals surface area (Å²) >= 11 is 0. The fraction of sp³-hybridized carbons (Fsp3) is 1.00. The fourth-order valence-electron chi connectivity index (χ4n) is 0.268. The van der Waals surface area contributed by atoms with Crippen molar-refractivity contribution in [2.45, 2.75) is 20.0 Å². The van der Waals surface area contributed by atoms with Gasteiger partial charge in [0.2, 0.25) is 0 Å². The molecule has 2 N–H and O–H groups in total. The molecule has 0 aromatic rings. The van der Waals surface area contributed by atoms with Gasteiger partial charge in [-0.3, -0.25) is 4.18 Å². The van der Waals surface area contributed by atoms with Crippen LogP contribution in [0.1, 0.15) is 13.8 Å². The molecule has 0 unspecified atom stereocenters. The molecule has 6 heteroatoms. The van der Waals surface area contributed by atoms with E-state index in [1.165, 1.54) is 0 Å². The summed E-state index contributed by atoms with van der Waals surface area (Å²) in [5.41, 5.74) is 0. The number of nitrogens with two attached hydrogens (primary N) is 1. The molecule has 0 fully saturated rings. The zero-order chi connectivity index (χ0) is 6.78. The van der Waals surface area contributed by atoms with Crippen molar-refractivity contribution in [3.8, 4) is 0 Å². The molecule has 0 aliphatic rings. The van der Waals surface area contributed by atoms with E-state index in [2.05, 4.69) is 9.32 Å². The third kappa shape index (κ3) is 12.1. The molecule has 0 radical (unpaired) electrons. The first kappa shape index (κ1) is 12.5. The van der Waals surface area contributed by atoms with Crippen LogP contribution in [0.2, 0.25) is 0 Å². The molecule has 52 valence electrons. The Morgan fingerprint density at radius 3 is 1.78 bits per heavy atom. The Hall–Kier alpha value is 0.870. The van der Waals surface area contributed by atoms with E-state index < -0.39 is 10.3 Å². The molecule has 0 spiro atoms. The second-order valence-corrected chi connectivity index (χ2v) is 2.82. The van der Waals surface area contributed by atoms with Gasteiger partial charge < -0.3 is 0 Å². The molecule has 0 saturated carbocycles. The van der Waals surface area contributed by atoms with Gasteiger partial charge in [-0.05, 0) is 13.8 Å². The summed E-state index contributed by atoms with van der Waals surface area (Å²) in [7, 11) is -3.72. The van der Waals surface area contributed by atoms with Gasteiger partial charge in [-0.1, -0.05) is 0 Å². The van der Waals surface area contributed by atoms with E-state index >= 15 is 0 Å². The Balaban J connectivity index is 0. The third-order valence-electron chi connectivity index (χ3n) is 0.327. The zero-order valence-corrected chi connectivity index (χ0v) is 5.60. The Bertz CT molecular complexity index is 152. The van der Waals surface area contributed by atoms with Crippen LogP contribution in [0.5, 0.6) is 0 Å². The second-order valence-electron chi connectivity index (χ2n) is 1.64. The van der Waals surface area contributed by atoms with E-state index in [9.17, 15) is 8.42 Å². The van der Waals surface area contributed by atoms with E-state index in [-0.39, 0.29) is 35.7 Å². The molecular weight excluding hydrogens is 153 g/mol. The monoisotopic (exact) mass is 163 g/mol. The van der Waals surface area contributed by atoms with Crippen LogP contribution in [0.25, 0.3) is 0 Å². The molecule has 0 amide bonds. The predicted molar refractivity (Wildman–Crippen MR) is 36.5 cm³/mol. The van der Waals surface area contributed by atoms with Gasteiger partial charge in [-0.2, -0.15) is 8.42 Å². The summed E-state index contributed by atoms with van der Waals surface area (Å²) in [5.74, 6) is 0. The average molecular weight is 163 g/mol. The standard InChI is InChI=1S/C3H9NO3S.Na.H/c1-3(2)7-8(4,5)6;;/h3H,1-2H3,(H2,4,5,6);;. The van der Waals surface area contributed by atoms with Crippen molar-refractivity contribution < 1.29 is 12.6 Å². The molecule has 0 aliphatic heterocycles. The topological polar surface area (TPSA) is 69.4 Å². The molecule has 0 aliphatic carbocycles. The van der Waals surface area contributed by atoms with Crippen molar-refractivity contribution in [3.05, 3.63) is 0 Å². The fourth-order valence-corrected chi connectivity index (χ4v) is 0.805. The minimum atomic E-state index is -3.72. The van der Waals surface area contributed by atoms with Crippen LogP contribution in [-0.4, -0.2) is 44.1 Å². The molecule has 0 aromatic carbocycles. The summed E-state index contributed by atoms with van der Waals surface area (Å²) in [5, 5.41) is 4.49. The Morgan fingerprint density at radius 1 is 1.44 bits per heavy atom. The number of rotatable bonds is 2. The maximum absolute atomic E-state index is 10.00. The van der Waals surface area contributed by atoms with Crippen LogP contribution in [0.15, 0.2) is 0 Å². The molecule has 9 heavy (non-hydrogen) atoms. The van der Waals surface area contributed by atoms with Crippen molar-refractivity contribution in [1.82, 2.24) is 0 Å². The molecule has 0 saturated heterocycles. The Kier molecular flexibility index (Phi) is 6.48. The molecule has 0 rings (SSSR count). The molecule has 0 bridgehead atoms. The van der Waals surface area contributed by atoms with Crippen molar-refractivity contribution in [3.63, 3.8) is 0 Å². The molecule has 0 atom stereocenters. The maximum atomic E-state index is 10.00. The molecule has 0 heterocycles. The number of hydrogen-bond donors (Lipinski definition) is 1. The normalized spacial score (nSPS) is 11.1. The quantitative estimate of drug-likeness (QED) is 0.529.